The lowest BCUT2D eigenvalue weighted by atomic mass is 9.97. The first-order valence-electron chi connectivity index (χ1n) is 8.05. The van der Waals surface area contributed by atoms with Crippen molar-refractivity contribution in [3.8, 4) is 5.75 Å². The molecule has 0 spiro atoms. The summed E-state index contributed by atoms with van der Waals surface area (Å²) in [6.07, 6.45) is 1.57. The van der Waals surface area contributed by atoms with Gasteiger partial charge in [0.2, 0.25) is 0 Å². The maximum absolute atomic E-state index is 13.5. The van der Waals surface area contributed by atoms with Crippen molar-refractivity contribution < 1.29 is 18.3 Å². The third-order valence-corrected chi connectivity index (χ3v) is 4.28. The Morgan fingerprint density at radius 2 is 1.83 bits per heavy atom. The number of hydrogen-bond acceptors (Lipinski definition) is 2. The Balaban J connectivity index is 1.51. The topological polar surface area (TPSA) is 29.5 Å². The quantitative estimate of drug-likeness (QED) is 0.850. The smallest absolute Gasteiger partial charge is 0.253 e. The molecule has 0 saturated carbocycles. The first-order chi connectivity index (χ1) is 11.6. The number of piperidine rings is 1. The molecule has 1 fully saturated rings. The van der Waals surface area contributed by atoms with Gasteiger partial charge in [-0.2, -0.15) is 0 Å². The molecule has 2 aromatic rings. The zero-order chi connectivity index (χ0) is 16.9. The number of nitrogens with zero attached hydrogens (tertiary/aromatic N) is 1. The first kappa shape index (κ1) is 16.4. The molecule has 1 aliphatic rings. The number of benzene rings is 2. The number of para-hydroxylation sites is 1. The van der Waals surface area contributed by atoms with Crippen molar-refractivity contribution in [1.82, 2.24) is 4.90 Å². The van der Waals surface area contributed by atoms with Crippen molar-refractivity contribution in [3.05, 3.63) is 65.7 Å². The molecule has 0 unspecified atom stereocenters. The van der Waals surface area contributed by atoms with Gasteiger partial charge in [0.25, 0.3) is 5.91 Å². The summed E-state index contributed by atoms with van der Waals surface area (Å²) < 4.78 is 32.3. The monoisotopic (exact) mass is 331 g/mol. The summed E-state index contributed by atoms with van der Waals surface area (Å²) in [5.41, 5.74) is 0.371. The van der Waals surface area contributed by atoms with E-state index < -0.39 is 5.82 Å². The number of likely N-dealkylation sites (tertiary alicyclic amines) is 1. The molecule has 24 heavy (non-hydrogen) atoms. The predicted molar refractivity (Wildman–Crippen MR) is 86.9 cm³/mol. The molecule has 3 nitrogen and oxygen atoms in total. The number of carbonyl (C=O) groups is 1. The van der Waals surface area contributed by atoms with Crippen LogP contribution < -0.4 is 4.74 Å². The van der Waals surface area contributed by atoms with E-state index in [9.17, 15) is 13.6 Å². The number of hydrogen-bond donors (Lipinski definition) is 0. The maximum atomic E-state index is 13.5. The van der Waals surface area contributed by atoms with Crippen LogP contribution >= 0.6 is 0 Å². The molecule has 0 bridgehead atoms. The van der Waals surface area contributed by atoms with E-state index >= 15 is 0 Å². The molecule has 1 saturated heterocycles. The molecule has 0 atom stereocenters. The Labute approximate surface area is 139 Å². The van der Waals surface area contributed by atoms with Gasteiger partial charge in [0.1, 0.15) is 5.82 Å². The Hall–Kier alpha value is -2.43. The highest BCUT2D eigenvalue weighted by atomic mass is 19.1. The minimum Gasteiger partial charge on any atom is -0.490 e. The highest BCUT2D eigenvalue weighted by Crippen LogP contribution is 2.22. The molecule has 0 aliphatic carbocycles. The molecule has 0 aromatic heterocycles. The summed E-state index contributed by atoms with van der Waals surface area (Å²) in [7, 11) is 0. The van der Waals surface area contributed by atoms with Gasteiger partial charge in [0, 0.05) is 18.7 Å². The van der Waals surface area contributed by atoms with Gasteiger partial charge in [0.15, 0.2) is 11.6 Å². The van der Waals surface area contributed by atoms with Gasteiger partial charge in [0.05, 0.1) is 6.61 Å². The van der Waals surface area contributed by atoms with E-state index in [2.05, 4.69) is 0 Å². The Bertz CT molecular complexity index is 712. The van der Waals surface area contributed by atoms with E-state index in [4.69, 9.17) is 4.74 Å². The van der Waals surface area contributed by atoms with Gasteiger partial charge in [-0.15, -0.1) is 0 Å². The van der Waals surface area contributed by atoms with Gasteiger partial charge in [-0.3, -0.25) is 4.79 Å². The van der Waals surface area contributed by atoms with Crippen LogP contribution in [-0.4, -0.2) is 30.5 Å². The second kappa shape index (κ2) is 7.43. The molecule has 2 aromatic carbocycles. The largest absolute Gasteiger partial charge is 0.490 e. The van der Waals surface area contributed by atoms with Crippen LogP contribution in [0.25, 0.3) is 0 Å². The second-order valence-electron chi connectivity index (χ2n) is 5.99. The van der Waals surface area contributed by atoms with E-state index in [-0.39, 0.29) is 23.4 Å². The normalized spacial score (nSPS) is 15.3. The molecular weight excluding hydrogens is 312 g/mol. The summed E-state index contributed by atoms with van der Waals surface area (Å²) in [6.45, 7) is 1.63. The average molecular weight is 331 g/mol. The molecule has 3 rings (SSSR count). The van der Waals surface area contributed by atoms with Crippen LogP contribution in [0.1, 0.15) is 23.2 Å². The van der Waals surface area contributed by atoms with Gasteiger partial charge < -0.3 is 9.64 Å². The lowest BCUT2D eigenvalue weighted by Gasteiger charge is -2.32. The molecule has 1 aliphatic heterocycles. The highest BCUT2D eigenvalue weighted by molar-refractivity contribution is 5.94. The summed E-state index contributed by atoms with van der Waals surface area (Å²) >= 11 is 0. The van der Waals surface area contributed by atoms with Crippen molar-refractivity contribution in [1.29, 1.82) is 0 Å². The van der Waals surface area contributed by atoms with Crippen LogP contribution in [-0.2, 0) is 0 Å². The van der Waals surface area contributed by atoms with E-state index in [1.54, 1.807) is 29.2 Å². The third kappa shape index (κ3) is 3.91. The minimum atomic E-state index is -0.408. The fraction of sp³-hybridized carbons (Fsp3) is 0.316. The van der Waals surface area contributed by atoms with Gasteiger partial charge in [-0.1, -0.05) is 18.2 Å². The molecule has 126 valence electrons. The summed E-state index contributed by atoms with van der Waals surface area (Å²) in [4.78, 5) is 14.1. The van der Waals surface area contributed by atoms with Gasteiger partial charge in [-0.25, -0.2) is 8.78 Å². The number of amides is 1. The van der Waals surface area contributed by atoms with Gasteiger partial charge in [-0.05, 0) is 49.1 Å². The third-order valence-electron chi connectivity index (χ3n) is 4.28. The fourth-order valence-electron chi connectivity index (χ4n) is 2.88. The van der Waals surface area contributed by atoms with Crippen LogP contribution in [0.5, 0.6) is 5.75 Å². The van der Waals surface area contributed by atoms with Crippen LogP contribution in [0.3, 0.4) is 0 Å². The van der Waals surface area contributed by atoms with Gasteiger partial charge >= 0.3 is 0 Å². The van der Waals surface area contributed by atoms with E-state index in [1.807, 2.05) is 0 Å². The SMILES string of the molecule is O=C(c1cccc(F)c1)N1CCC(COc2ccccc2F)CC1. The highest BCUT2D eigenvalue weighted by Gasteiger charge is 2.24. The minimum absolute atomic E-state index is 0.150. The lowest BCUT2D eigenvalue weighted by molar-refractivity contribution is 0.0659. The molecular formula is C19H19F2NO2. The number of rotatable bonds is 4. The average Bonchev–Trinajstić information content (AvgIpc) is 2.61. The molecule has 5 heteroatoms. The summed E-state index contributed by atoms with van der Waals surface area (Å²) in [5.74, 6) is -0.384. The fourth-order valence-corrected chi connectivity index (χ4v) is 2.88. The number of halogens is 2. The van der Waals surface area contributed by atoms with E-state index in [0.29, 0.717) is 25.3 Å². The van der Waals surface area contributed by atoms with Crippen molar-refractivity contribution in [3.63, 3.8) is 0 Å². The molecule has 0 radical (unpaired) electrons. The number of ether oxygens (including phenoxy) is 1. The molecule has 1 heterocycles. The predicted octanol–water partition coefficient (Wildman–Crippen LogP) is 3.90. The summed E-state index contributed by atoms with van der Waals surface area (Å²) in [6, 6.07) is 12.1. The second-order valence-corrected chi connectivity index (χ2v) is 5.99. The molecule has 0 N–H and O–H groups in total. The standard InChI is InChI=1S/C19H19F2NO2/c20-16-5-3-4-15(12-16)19(23)22-10-8-14(9-11-22)13-24-18-7-2-1-6-17(18)21/h1-7,12,14H,8-11,13H2. The number of carbonyl (C=O) groups excluding carboxylic acids is 1. The Kier molecular flexibility index (Phi) is 5.08. The van der Waals surface area contributed by atoms with Crippen molar-refractivity contribution in [2.24, 2.45) is 5.92 Å². The van der Waals surface area contributed by atoms with Crippen LogP contribution in [0, 0.1) is 17.6 Å². The zero-order valence-corrected chi connectivity index (χ0v) is 13.3. The maximum Gasteiger partial charge on any atom is 0.253 e. The first-order valence-corrected chi connectivity index (χ1v) is 8.05. The van der Waals surface area contributed by atoms with Crippen molar-refractivity contribution >= 4 is 5.91 Å². The van der Waals surface area contributed by atoms with Crippen LogP contribution in [0.4, 0.5) is 8.78 Å². The lowest BCUT2D eigenvalue weighted by Crippen LogP contribution is -2.39. The zero-order valence-electron chi connectivity index (χ0n) is 13.3. The van der Waals surface area contributed by atoms with E-state index in [0.717, 1.165) is 12.8 Å². The van der Waals surface area contributed by atoms with Crippen LogP contribution in [0.15, 0.2) is 48.5 Å². The Morgan fingerprint density at radius 3 is 2.54 bits per heavy atom. The molecule has 1 amide bonds. The summed E-state index contributed by atoms with van der Waals surface area (Å²) in [5, 5.41) is 0. The van der Waals surface area contributed by atoms with Crippen molar-refractivity contribution in [2.45, 2.75) is 12.8 Å². The van der Waals surface area contributed by atoms with Crippen LogP contribution in [0.2, 0.25) is 0 Å². The van der Waals surface area contributed by atoms with Crippen molar-refractivity contribution in [2.75, 3.05) is 19.7 Å². The van der Waals surface area contributed by atoms with E-state index in [1.165, 1.54) is 24.3 Å². The Morgan fingerprint density at radius 1 is 1.08 bits per heavy atom.